The number of ether oxygens (including phenoxy) is 2. The molecule has 0 aliphatic heterocycles. The van der Waals surface area contributed by atoms with Crippen molar-refractivity contribution in [1.29, 1.82) is 0 Å². The van der Waals surface area contributed by atoms with Gasteiger partial charge in [0.25, 0.3) is 0 Å². The molecular weight excluding hydrogens is 254 g/mol. The minimum Gasteiger partial charge on any atom is -0.489 e. The van der Waals surface area contributed by atoms with Gasteiger partial charge in [0, 0.05) is 13.7 Å². The number of rotatable bonds is 8. The summed E-state index contributed by atoms with van der Waals surface area (Å²) < 4.78 is 10.2. The Bertz CT molecular complexity index is 360. The van der Waals surface area contributed by atoms with E-state index in [-0.39, 0.29) is 13.2 Å². The third-order valence-corrected chi connectivity index (χ3v) is 2.66. The molecule has 0 saturated carbocycles. The Morgan fingerprint density at radius 1 is 1.39 bits per heavy atom. The number of aliphatic hydroxyl groups excluding tert-OH is 1. The van der Waals surface area contributed by atoms with Crippen molar-refractivity contribution >= 4 is 11.6 Å². The Hall–Kier alpha value is -0.810. The van der Waals surface area contributed by atoms with Crippen molar-refractivity contribution in [3.05, 3.63) is 28.8 Å². The molecule has 0 saturated heterocycles. The number of hydrogen-bond donors (Lipinski definition) is 2. The number of methoxy groups -OCH3 is 1. The first-order valence-electron chi connectivity index (χ1n) is 5.96. The van der Waals surface area contributed by atoms with E-state index in [1.165, 1.54) is 7.11 Å². The van der Waals surface area contributed by atoms with Crippen LogP contribution in [0.25, 0.3) is 0 Å². The molecule has 18 heavy (non-hydrogen) atoms. The fraction of sp³-hybridized carbons (Fsp3) is 0.538. The molecule has 0 radical (unpaired) electrons. The maximum Gasteiger partial charge on any atom is 0.138 e. The van der Waals surface area contributed by atoms with E-state index in [0.717, 1.165) is 18.7 Å². The lowest BCUT2D eigenvalue weighted by molar-refractivity contribution is 0.0326. The molecule has 0 spiro atoms. The second-order valence-corrected chi connectivity index (χ2v) is 4.37. The second-order valence-electron chi connectivity index (χ2n) is 3.97. The van der Waals surface area contributed by atoms with Crippen LogP contribution in [0.2, 0.25) is 5.02 Å². The van der Waals surface area contributed by atoms with Gasteiger partial charge in [-0.25, -0.2) is 0 Å². The number of aliphatic hydroxyl groups is 1. The number of benzene rings is 1. The van der Waals surface area contributed by atoms with Crippen LogP contribution >= 0.6 is 11.6 Å². The Labute approximate surface area is 113 Å². The Kier molecular flexibility index (Phi) is 7.05. The molecule has 0 aliphatic carbocycles. The van der Waals surface area contributed by atoms with Gasteiger partial charge in [0.05, 0.1) is 11.6 Å². The summed E-state index contributed by atoms with van der Waals surface area (Å²) in [5.74, 6) is 0.576. The van der Waals surface area contributed by atoms with E-state index in [0.29, 0.717) is 10.8 Å². The summed E-state index contributed by atoms with van der Waals surface area (Å²) in [5.41, 5.74) is 1.10. The van der Waals surface area contributed by atoms with Crippen LogP contribution in [0.3, 0.4) is 0 Å². The predicted molar refractivity (Wildman–Crippen MR) is 72.2 cm³/mol. The van der Waals surface area contributed by atoms with Gasteiger partial charge >= 0.3 is 0 Å². The monoisotopic (exact) mass is 273 g/mol. The van der Waals surface area contributed by atoms with Crippen molar-refractivity contribution in [2.24, 2.45) is 0 Å². The first-order valence-corrected chi connectivity index (χ1v) is 6.34. The predicted octanol–water partition coefficient (Wildman–Crippen LogP) is 1.84. The van der Waals surface area contributed by atoms with E-state index in [9.17, 15) is 5.11 Å². The first-order chi connectivity index (χ1) is 8.67. The molecule has 2 N–H and O–H groups in total. The van der Waals surface area contributed by atoms with Crippen molar-refractivity contribution < 1.29 is 14.6 Å². The maximum absolute atomic E-state index is 9.47. The van der Waals surface area contributed by atoms with Crippen molar-refractivity contribution in [2.45, 2.75) is 19.6 Å². The highest BCUT2D eigenvalue weighted by atomic mass is 35.5. The molecule has 1 atom stereocenters. The summed E-state index contributed by atoms with van der Waals surface area (Å²) in [6, 6.07) is 5.63. The molecule has 0 fully saturated rings. The van der Waals surface area contributed by atoms with Gasteiger partial charge in [-0.1, -0.05) is 24.6 Å². The van der Waals surface area contributed by atoms with Crippen LogP contribution in [0, 0.1) is 0 Å². The summed E-state index contributed by atoms with van der Waals surface area (Å²) in [6.07, 6.45) is -0.646. The normalized spacial score (nSPS) is 12.4. The van der Waals surface area contributed by atoms with E-state index in [4.69, 9.17) is 21.1 Å². The van der Waals surface area contributed by atoms with Crippen molar-refractivity contribution in [2.75, 3.05) is 26.9 Å². The summed E-state index contributed by atoms with van der Waals surface area (Å²) in [5, 5.41) is 13.2. The quantitative estimate of drug-likeness (QED) is 0.759. The fourth-order valence-electron chi connectivity index (χ4n) is 1.47. The van der Waals surface area contributed by atoms with Crippen molar-refractivity contribution in [3.63, 3.8) is 0 Å². The topological polar surface area (TPSA) is 50.7 Å². The second kappa shape index (κ2) is 8.32. The number of halogens is 1. The molecule has 5 heteroatoms. The largest absolute Gasteiger partial charge is 0.489 e. The van der Waals surface area contributed by atoms with E-state index < -0.39 is 6.10 Å². The van der Waals surface area contributed by atoms with Gasteiger partial charge in [-0.3, -0.25) is 0 Å². The van der Waals surface area contributed by atoms with Crippen molar-refractivity contribution in [3.8, 4) is 5.75 Å². The third kappa shape index (κ3) is 5.23. The molecule has 1 aromatic carbocycles. The van der Waals surface area contributed by atoms with Crippen LogP contribution in [0.1, 0.15) is 12.5 Å². The van der Waals surface area contributed by atoms with Gasteiger partial charge in [0.15, 0.2) is 0 Å². The lowest BCUT2D eigenvalue weighted by Gasteiger charge is -2.13. The van der Waals surface area contributed by atoms with Gasteiger partial charge in [-0.15, -0.1) is 0 Å². The minimum atomic E-state index is -0.646. The molecule has 0 aromatic heterocycles. The standard InChI is InChI=1S/C13H20ClNO3/c1-3-15-7-10-4-5-13(12(14)6-10)18-9-11(16)8-17-2/h4-6,11,15-16H,3,7-9H2,1-2H3. The molecule has 1 rings (SSSR count). The number of nitrogens with one attached hydrogen (secondary N) is 1. The van der Waals surface area contributed by atoms with E-state index in [2.05, 4.69) is 12.2 Å². The van der Waals surface area contributed by atoms with Crippen LogP contribution in [-0.2, 0) is 11.3 Å². The van der Waals surface area contributed by atoms with Crippen molar-refractivity contribution in [1.82, 2.24) is 5.32 Å². The van der Waals surface area contributed by atoms with Crippen LogP contribution in [-0.4, -0.2) is 38.1 Å². The lowest BCUT2D eigenvalue weighted by atomic mass is 10.2. The molecule has 1 aromatic rings. The summed E-state index contributed by atoms with van der Waals surface area (Å²) in [6.45, 7) is 4.16. The molecular formula is C13H20ClNO3. The SMILES string of the molecule is CCNCc1ccc(OCC(O)COC)c(Cl)c1. The van der Waals surface area contributed by atoms with Gasteiger partial charge in [-0.05, 0) is 24.2 Å². The zero-order valence-corrected chi connectivity index (χ0v) is 11.5. The third-order valence-electron chi connectivity index (χ3n) is 2.37. The Balaban J connectivity index is 2.51. The highest BCUT2D eigenvalue weighted by molar-refractivity contribution is 6.32. The summed E-state index contributed by atoms with van der Waals surface area (Å²) in [7, 11) is 1.53. The number of hydrogen-bond acceptors (Lipinski definition) is 4. The van der Waals surface area contributed by atoms with Gasteiger partial charge in [-0.2, -0.15) is 0 Å². The van der Waals surface area contributed by atoms with Gasteiger partial charge in [0.2, 0.25) is 0 Å². The average Bonchev–Trinajstić information content (AvgIpc) is 2.35. The van der Waals surface area contributed by atoms with Crippen LogP contribution in [0.4, 0.5) is 0 Å². The summed E-state index contributed by atoms with van der Waals surface area (Å²) in [4.78, 5) is 0. The highest BCUT2D eigenvalue weighted by Crippen LogP contribution is 2.25. The zero-order valence-electron chi connectivity index (χ0n) is 10.8. The highest BCUT2D eigenvalue weighted by Gasteiger charge is 2.07. The molecule has 102 valence electrons. The van der Waals surface area contributed by atoms with E-state index in [1.807, 2.05) is 18.2 Å². The smallest absolute Gasteiger partial charge is 0.138 e. The van der Waals surface area contributed by atoms with Gasteiger partial charge < -0.3 is 19.9 Å². The average molecular weight is 274 g/mol. The lowest BCUT2D eigenvalue weighted by Crippen LogP contribution is -2.22. The van der Waals surface area contributed by atoms with Crippen LogP contribution < -0.4 is 10.1 Å². The summed E-state index contributed by atoms with van der Waals surface area (Å²) >= 11 is 6.10. The minimum absolute atomic E-state index is 0.167. The van der Waals surface area contributed by atoms with Crippen LogP contribution in [0.15, 0.2) is 18.2 Å². The molecule has 0 heterocycles. The first kappa shape index (κ1) is 15.2. The fourth-order valence-corrected chi connectivity index (χ4v) is 1.72. The van der Waals surface area contributed by atoms with Crippen LogP contribution in [0.5, 0.6) is 5.75 Å². The zero-order chi connectivity index (χ0) is 13.4. The van der Waals surface area contributed by atoms with E-state index >= 15 is 0 Å². The molecule has 4 nitrogen and oxygen atoms in total. The maximum atomic E-state index is 9.47. The van der Waals surface area contributed by atoms with Gasteiger partial charge in [0.1, 0.15) is 18.5 Å². The molecule has 1 unspecified atom stereocenters. The molecule has 0 amide bonds. The Morgan fingerprint density at radius 3 is 2.78 bits per heavy atom. The molecule has 0 aliphatic rings. The Morgan fingerprint density at radius 2 is 2.17 bits per heavy atom. The van der Waals surface area contributed by atoms with E-state index in [1.54, 1.807) is 0 Å². The molecule has 0 bridgehead atoms.